The second kappa shape index (κ2) is 5.29. The van der Waals surface area contributed by atoms with Gasteiger partial charge in [0.15, 0.2) is 5.76 Å². The molecule has 0 spiro atoms. The largest absolute Gasteiger partial charge is 0.451 e. The standard InChI is InChI=1S/C15H14ClNO3/c16-11-4-5-13-10(6-11)7-14(20-13)15(19)17-8-9-2-1-3-12(9)18/h4-7,9H,1-3,8H2,(H,17,19). The minimum Gasteiger partial charge on any atom is -0.451 e. The molecular weight excluding hydrogens is 278 g/mol. The molecule has 2 aromatic rings. The van der Waals surface area contributed by atoms with Crippen molar-refractivity contribution < 1.29 is 14.0 Å². The van der Waals surface area contributed by atoms with E-state index in [2.05, 4.69) is 5.32 Å². The van der Waals surface area contributed by atoms with Crippen LogP contribution in [0.4, 0.5) is 0 Å². The molecule has 1 aliphatic rings. The Morgan fingerprint density at radius 1 is 1.40 bits per heavy atom. The Hall–Kier alpha value is -1.81. The number of halogens is 1. The van der Waals surface area contributed by atoms with Crippen molar-refractivity contribution in [3.63, 3.8) is 0 Å². The van der Waals surface area contributed by atoms with Gasteiger partial charge in [-0.05, 0) is 37.1 Å². The van der Waals surface area contributed by atoms with Crippen molar-refractivity contribution in [2.45, 2.75) is 19.3 Å². The minimum absolute atomic E-state index is 0.0437. The van der Waals surface area contributed by atoms with E-state index < -0.39 is 0 Å². The van der Waals surface area contributed by atoms with Gasteiger partial charge < -0.3 is 9.73 Å². The van der Waals surface area contributed by atoms with Crippen LogP contribution < -0.4 is 5.32 Å². The number of hydrogen-bond donors (Lipinski definition) is 1. The zero-order valence-electron chi connectivity index (χ0n) is 10.8. The Balaban J connectivity index is 1.70. The summed E-state index contributed by atoms with van der Waals surface area (Å²) in [6.45, 7) is 0.384. The zero-order valence-corrected chi connectivity index (χ0v) is 11.6. The number of Topliss-reactive ketones (excluding diaryl/α,β-unsaturated/α-hetero) is 1. The molecule has 0 aliphatic heterocycles. The highest BCUT2D eigenvalue weighted by Gasteiger charge is 2.25. The van der Waals surface area contributed by atoms with Crippen LogP contribution in [-0.2, 0) is 4.79 Å². The lowest BCUT2D eigenvalue weighted by Crippen LogP contribution is -2.30. The molecule has 4 nitrogen and oxygen atoms in total. The number of hydrogen-bond acceptors (Lipinski definition) is 3. The van der Waals surface area contributed by atoms with E-state index in [-0.39, 0.29) is 23.4 Å². The van der Waals surface area contributed by atoms with Gasteiger partial charge in [-0.3, -0.25) is 9.59 Å². The van der Waals surface area contributed by atoms with E-state index >= 15 is 0 Å². The fraction of sp³-hybridized carbons (Fsp3) is 0.333. The lowest BCUT2D eigenvalue weighted by molar-refractivity contribution is -0.120. The Kier molecular flexibility index (Phi) is 3.49. The Morgan fingerprint density at radius 3 is 3.00 bits per heavy atom. The van der Waals surface area contributed by atoms with Gasteiger partial charge in [0.1, 0.15) is 11.4 Å². The molecule has 104 valence electrons. The van der Waals surface area contributed by atoms with Crippen molar-refractivity contribution in [3.05, 3.63) is 35.0 Å². The molecule has 1 unspecified atom stereocenters. The van der Waals surface area contributed by atoms with Gasteiger partial charge >= 0.3 is 0 Å². The summed E-state index contributed by atoms with van der Waals surface area (Å²) in [6, 6.07) is 6.85. The van der Waals surface area contributed by atoms with Gasteiger partial charge in [-0.15, -0.1) is 0 Å². The van der Waals surface area contributed by atoms with Crippen molar-refractivity contribution in [1.82, 2.24) is 5.32 Å². The SMILES string of the molecule is O=C(NCC1CCCC1=O)c1cc2cc(Cl)ccc2o1. The molecule has 1 heterocycles. The van der Waals surface area contributed by atoms with E-state index in [1.165, 1.54) is 0 Å². The monoisotopic (exact) mass is 291 g/mol. The normalized spacial score (nSPS) is 18.6. The maximum atomic E-state index is 12.0. The summed E-state index contributed by atoms with van der Waals surface area (Å²) in [7, 11) is 0. The smallest absolute Gasteiger partial charge is 0.287 e. The van der Waals surface area contributed by atoms with Gasteiger partial charge in [0.05, 0.1) is 0 Å². The van der Waals surface area contributed by atoms with Gasteiger partial charge in [-0.25, -0.2) is 0 Å². The van der Waals surface area contributed by atoms with E-state index in [0.717, 1.165) is 18.2 Å². The number of fused-ring (bicyclic) bond motifs is 1. The van der Waals surface area contributed by atoms with Crippen LogP contribution in [0.3, 0.4) is 0 Å². The fourth-order valence-corrected chi connectivity index (χ4v) is 2.71. The van der Waals surface area contributed by atoms with E-state index in [1.54, 1.807) is 24.3 Å². The summed E-state index contributed by atoms with van der Waals surface area (Å²) in [6.07, 6.45) is 2.40. The highest BCUT2D eigenvalue weighted by Crippen LogP contribution is 2.23. The summed E-state index contributed by atoms with van der Waals surface area (Å²) in [5.74, 6) is 0.143. The third-order valence-electron chi connectivity index (χ3n) is 3.64. The summed E-state index contributed by atoms with van der Waals surface area (Å²) in [4.78, 5) is 23.5. The van der Waals surface area contributed by atoms with Gasteiger partial charge in [-0.2, -0.15) is 0 Å². The Morgan fingerprint density at radius 2 is 2.25 bits per heavy atom. The molecule has 1 aromatic carbocycles. The predicted octanol–water partition coefficient (Wildman–Crippen LogP) is 3.19. The summed E-state index contributed by atoms with van der Waals surface area (Å²) in [5, 5.41) is 4.15. The van der Waals surface area contributed by atoms with Crippen molar-refractivity contribution in [1.29, 1.82) is 0 Å². The molecule has 1 fully saturated rings. The van der Waals surface area contributed by atoms with Crippen molar-refractivity contribution in [2.75, 3.05) is 6.54 Å². The molecule has 1 aliphatic carbocycles. The van der Waals surface area contributed by atoms with Crippen LogP contribution in [0.15, 0.2) is 28.7 Å². The number of carbonyl (C=O) groups is 2. The highest BCUT2D eigenvalue weighted by molar-refractivity contribution is 6.31. The number of rotatable bonds is 3. The molecule has 0 saturated heterocycles. The average Bonchev–Trinajstić information content (AvgIpc) is 3.01. The van der Waals surface area contributed by atoms with E-state index in [9.17, 15) is 9.59 Å². The maximum absolute atomic E-state index is 12.0. The van der Waals surface area contributed by atoms with Crippen LogP contribution in [0.25, 0.3) is 11.0 Å². The highest BCUT2D eigenvalue weighted by atomic mass is 35.5. The van der Waals surface area contributed by atoms with E-state index in [0.29, 0.717) is 23.6 Å². The number of nitrogens with one attached hydrogen (secondary N) is 1. The Bertz CT molecular complexity index is 677. The molecule has 20 heavy (non-hydrogen) atoms. The average molecular weight is 292 g/mol. The number of carbonyl (C=O) groups excluding carboxylic acids is 2. The number of ketones is 1. The lowest BCUT2D eigenvalue weighted by Gasteiger charge is -2.08. The fourth-order valence-electron chi connectivity index (χ4n) is 2.53. The Labute approximate surface area is 121 Å². The van der Waals surface area contributed by atoms with E-state index in [1.807, 2.05) is 0 Å². The van der Waals surface area contributed by atoms with E-state index in [4.69, 9.17) is 16.0 Å². The first-order valence-electron chi connectivity index (χ1n) is 6.63. The van der Waals surface area contributed by atoms with Crippen LogP contribution in [-0.4, -0.2) is 18.2 Å². The molecule has 1 aromatic heterocycles. The molecule has 0 radical (unpaired) electrons. The summed E-state index contributed by atoms with van der Waals surface area (Å²) in [5.41, 5.74) is 0.622. The van der Waals surface area contributed by atoms with Gasteiger partial charge in [0, 0.05) is 29.3 Å². The number of furan rings is 1. The molecule has 1 amide bonds. The second-order valence-electron chi connectivity index (χ2n) is 5.06. The van der Waals surface area contributed by atoms with Gasteiger partial charge in [0.2, 0.25) is 0 Å². The molecular formula is C15H14ClNO3. The first-order valence-corrected chi connectivity index (χ1v) is 7.01. The quantitative estimate of drug-likeness (QED) is 0.945. The van der Waals surface area contributed by atoms with Crippen LogP contribution in [0, 0.1) is 5.92 Å². The first kappa shape index (κ1) is 13.2. The topological polar surface area (TPSA) is 59.3 Å². The number of benzene rings is 1. The summed E-state index contributed by atoms with van der Waals surface area (Å²) >= 11 is 5.89. The minimum atomic E-state index is -0.294. The second-order valence-corrected chi connectivity index (χ2v) is 5.49. The predicted molar refractivity (Wildman–Crippen MR) is 75.9 cm³/mol. The third kappa shape index (κ3) is 2.56. The summed E-state index contributed by atoms with van der Waals surface area (Å²) < 4.78 is 5.47. The molecule has 1 saturated carbocycles. The van der Waals surface area contributed by atoms with Crippen molar-refractivity contribution in [3.8, 4) is 0 Å². The zero-order chi connectivity index (χ0) is 14.1. The molecule has 5 heteroatoms. The van der Waals surface area contributed by atoms with Crippen LogP contribution in [0.5, 0.6) is 0 Å². The third-order valence-corrected chi connectivity index (χ3v) is 3.88. The molecule has 1 atom stereocenters. The van der Waals surface area contributed by atoms with Crippen LogP contribution in [0.1, 0.15) is 29.8 Å². The van der Waals surface area contributed by atoms with Crippen molar-refractivity contribution in [2.24, 2.45) is 5.92 Å². The molecule has 0 bridgehead atoms. The molecule has 1 N–H and O–H groups in total. The lowest BCUT2D eigenvalue weighted by atomic mass is 10.1. The van der Waals surface area contributed by atoms with Crippen molar-refractivity contribution >= 4 is 34.3 Å². The molecule has 3 rings (SSSR count). The number of amides is 1. The van der Waals surface area contributed by atoms with Crippen LogP contribution >= 0.6 is 11.6 Å². The first-order chi connectivity index (χ1) is 9.63. The van der Waals surface area contributed by atoms with Gasteiger partial charge in [0.25, 0.3) is 5.91 Å². The maximum Gasteiger partial charge on any atom is 0.287 e. The van der Waals surface area contributed by atoms with Crippen LogP contribution in [0.2, 0.25) is 5.02 Å². The van der Waals surface area contributed by atoms with Gasteiger partial charge in [-0.1, -0.05) is 11.6 Å².